The Labute approximate surface area is 136 Å². The lowest BCUT2D eigenvalue weighted by Gasteiger charge is -2.09. The lowest BCUT2D eigenvalue weighted by molar-refractivity contribution is -0.115. The number of amides is 1. The number of hydrogen-bond acceptors (Lipinski definition) is 2. The third-order valence-electron chi connectivity index (χ3n) is 3.42. The van der Waals surface area contributed by atoms with Crippen molar-refractivity contribution in [2.24, 2.45) is 0 Å². The van der Waals surface area contributed by atoms with Crippen molar-refractivity contribution in [3.8, 4) is 0 Å². The van der Waals surface area contributed by atoms with Gasteiger partial charge in [-0.2, -0.15) is 0 Å². The molecule has 2 rings (SSSR count). The summed E-state index contributed by atoms with van der Waals surface area (Å²) in [6, 6.07) is 15.8. The van der Waals surface area contributed by atoms with Crippen LogP contribution in [0.25, 0.3) is 0 Å². The van der Waals surface area contributed by atoms with Gasteiger partial charge in [-0.1, -0.05) is 48.0 Å². The molecular weight excluding hydrogens is 296 g/mol. The lowest BCUT2D eigenvalue weighted by Crippen LogP contribution is -2.29. The second-order valence-corrected chi connectivity index (χ2v) is 5.71. The van der Waals surface area contributed by atoms with Gasteiger partial charge >= 0.3 is 0 Å². The van der Waals surface area contributed by atoms with Crippen molar-refractivity contribution in [2.75, 3.05) is 18.4 Å². The van der Waals surface area contributed by atoms with E-state index in [0.29, 0.717) is 11.6 Å². The fraction of sp³-hybridized carbons (Fsp3) is 0.278. The third kappa shape index (κ3) is 5.51. The zero-order chi connectivity index (χ0) is 15.8. The Morgan fingerprint density at radius 2 is 1.91 bits per heavy atom. The lowest BCUT2D eigenvalue weighted by atomic mass is 10.1. The molecule has 0 aliphatic carbocycles. The van der Waals surface area contributed by atoms with Gasteiger partial charge in [0.25, 0.3) is 0 Å². The van der Waals surface area contributed by atoms with Crippen LogP contribution in [-0.4, -0.2) is 19.0 Å². The molecule has 0 spiro atoms. The van der Waals surface area contributed by atoms with Gasteiger partial charge in [0, 0.05) is 10.7 Å². The number of benzene rings is 2. The molecule has 0 aliphatic rings. The van der Waals surface area contributed by atoms with Crippen LogP contribution in [0.15, 0.2) is 48.5 Å². The third-order valence-corrected chi connectivity index (χ3v) is 3.66. The first-order chi connectivity index (χ1) is 10.6. The summed E-state index contributed by atoms with van der Waals surface area (Å²) >= 11 is 5.94. The van der Waals surface area contributed by atoms with Crippen LogP contribution in [0.5, 0.6) is 0 Å². The van der Waals surface area contributed by atoms with Crippen LogP contribution >= 0.6 is 11.6 Å². The Bertz CT molecular complexity index is 614. The molecule has 0 saturated carbocycles. The van der Waals surface area contributed by atoms with Gasteiger partial charge in [-0.15, -0.1) is 0 Å². The Kier molecular flexibility index (Phi) is 6.44. The Morgan fingerprint density at radius 3 is 2.68 bits per heavy atom. The molecule has 4 heteroatoms. The standard InChI is InChI=1S/C18H21ClN2O/c1-14-9-10-16(19)12-17(14)21-18(22)13-20-11-5-8-15-6-3-2-4-7-15/h2-4,6-7,9-10,12,20H,5,8,11,13H2,1H3,(H,21,22). The SMILES string of the molecule is Cc1ccc(Cl)cc1NC(=O)CNCCCc1ccccc1. The molecule has 0 aliphatic heterocycles. The van der Waals surface area contributed by atoms with Gasteiger partial charge in [0.1, 0.15) is 0 Å². The Morgan fingerprint density at radius 1 is 1.14 bits per heavy atom. The molecule has 2 aromatic rings. The normalized spacial score (nSPS) is 10.5. The molecule has 0 saturated heterocycles. The van der Waals surface area contributed by atoms with Crippen LogP contribution < -0.4 is 10.6 Å². The van der Waals surface area contributed by atoms with Crippen LogP contribution in [-0.2, 0) is 11.2 Å². The van der Waals surface area contributed by atoms with Gasteiger partial charge in [-0.25, -0.2) is 0 Å². The molecule has 116 valence electrons. The molecule has 0 bridgehead atoms. The van der Waals surface area contributed by atoms with Crippen molar-refractivity contribution in [3.63, 3.8) is 0 Å². The predicted octanol–water partition coefficient (Wildman–Crippen LogP) is 3.81. The fourth-order valence-electron chi connectivity index (χ4n) is 2.19. The highest BCUT2D eigenvalue weighted by Crippen LogP contribution is 2.19. The monoisotopic (exact) mass is 316 g/mol. The van der Waals surface area contributed by atoms with E-state index in [0.717, 1.165) is 30.6 Å². The summed E-state index contributed by atoms with van der Waals surface area (Å²) in [6.45, 7) is 3.07. The molecule has 0 unspecified atom stereocenters. The van der Waals surface area contributed by atoms with Gasteiger partial charge in [-0.05, 0) is 49.6 Å². The van der Waals surface area contributed by atoms with Crippen molar-refractivity contribution in [3.05, 3.63) is 64.7 Å². The van der Waals surface area contributed by atoms with E-state index in [1.807, 2.05) is 37.3 Å². The second-order valence-electron chi connectivity index (χ2n) is 5.27. The van der Waals surface area contributed by atoms with E-state index in [2.05, 4.69) is 22.8 Å². The maximum Gasteiger partial charge on any atom is 0.238 e. The van der Waals surface area contributed by atoms with Gasteiger partial charge in [0.05, 0.1) is 6.54 Å². The highest BCUT2D eigenvalue weighted by Gasteiger charge is 2.05. The van der Waals surface area contributed by atoms with Crippen molar-refractivity contribution in [2.45, 2.75) is 19.8 Å². The predicted molar refractivity (Wildman–Crippen MR) is 92.5 cm³/mol. The van der Waals surface area contributed by atoms with E-state index in [9.17, 15) is 4.79 Å². The quantitative estimate of drug-likeness (QED) is 0.763. The van der Waals surface area contributed by atoms with Gasteiger partial charge in [-0.3, -0.25) is 4.79 Å². The van der Waals surface area contributed by atoms with E-state index in [1.54, 1.807) is 6.07 Å². The van der Waals surface area contributed by atoms with E-state index >= 15 is 0 Å². The highest BCUT2D eigenvalue weighted by molar-refractivity contribution is 6.31. The molecular formula is C18H21ClN2O. The summed E-state index contributed by atoms with van der Waals surface area (Å²) in [5, 5.41) is 6.66. The smallest absolute Gasteiger partial charge is 0.238 e. The van der Waals surface area contributed by atoms with E-state index in [4.69, 9.17) is 11.6 Å². The minimum atomic E-state index is -0.0509. The number of halogens is 1. The summed E-state index contributed by atoms with van der Waals surface area (Å²) in [6.07, 6.45) is 2.02. The zero-order valence-corrected chi connectivity index (χ0v) is 13.5. The summed E-state index contributed by atoms with van der Waals surface area (Å²) in [5.41, 5.74) is 3.09. The molecule has 22 heavy (non-hydrogen) atoms. The Hall–Kier alpha value is -1.84. The molecule has 0 atom stereocenters. The van der Waals surface area contributed by atoms with Crippen LogP contribution in [0.3, 0.4) is 0 Å². The summed E-state index contributed by atoms with van der Waals surface area (Å²) < 4.78 is 0. The molecule has 0 radical (unpaired) electrons. The fourth-order valence-corrected chi connectivity index (χ4v) is 2.36. The molecule has 0 heterocycles. The molecule has 1 amide bonds. The summed E-state index contributed by atoms with van der Waals surface area (Å²) in [5.74, 6) is -0.0509. The van der Waals surface area contributed by atoms with Crippen LogP contribution in [0, 0.1) is 6.92 Å². The first-order valence-electron chi connectivity index (χ1n) is 7.46. The number of anilines is 1. The number of carbonyl (C=O) groups excluding carboxylic acids is 1. The zero-order valence-electron chi connectivity index (χ0n) is 12.7. The maximum atomic E-state index is 11.9. The maximum absolute atomic E-state index is 11.9. The minimum Gasteiger partial charge on any atom is -0.325 e. The number of nitrogens with one attached hydrogen (secondary N) is 2. The summed E-state index contributed by atoms with van der Waals surface area (Å²) in [4.78, 5) is 11.9. The van der Waals surface area contributed by atoms with Crippen molar-refractivity contribution < 1.29 is 4.79 Å². The first-order valence-corrected chi connectivity index (χ1v) is 7.83. The van der Waals surface area contributed by atoms with Crippen LogP contribution in [0.4, 0.5) is 5.69 Å². The van der Waals surface area contributed by atoms with Crippen molar-refractivity contribution in [1.29, 1.82) is 0 Å². The van der Waals surface area contributed by atoms with Crippen molar-refractivity contribution in [1.82, 2.24) is 5.32 Å². The topological polar surface area (TPSA) is 41.1 Å². The molecule has 0 aromatic heterocycles. The summed E-state index contributed by atoms with van der Waals surface area (Å²) in [7, 11) is 0. The molecule has 0 fully saturated rings. The molecule has 2 N–H and O–H groups in total. The van der Waals surface area contributed by atoms with E-state index in [1.165, 1.54) is 5.56 Å². The van der Waals surface area contributed by atoms with Crippen LogP contribution in [0.2, 0.25) is 5.02 Å². The first kappa shape index (κ1) is 16.5. The van der Waals surface area contributed by atoms with E-state index in [-0.39, 0.29) is 5.91 Å². The Balaban J connectivity index is 1.66. The molecule has 3 nitrogen and oxygen atoms in total. The average molecular weight is 317 g/mol. The van der Waals surface area contributed by atoms with Crippen LogP contribution in [0.1, 0.15) is 17.5 Å². The van der Waals surface area contributed by atoms with Gasteiger partial charge < -0.3 is 10.6 Å². The second kappa shape index (κ2) is 8.57. The van der Waals surface area contributed by atoms with E-state index < -0.39 is 0 Å². The minimum absolute atomic E-state index is 0.0509. The number of carbonyl (C=O) groups is 1. The highest BCUT2D eigenvalue weighted by atomic mass is 35.5. The number of rotatable bonds is 7. The average Bonchev–Trinajstić information content (AvgIpc) is 2.51. The molecule has 2 aromatic carbocycles. The number of aryl methyl sites for hydroxylation is 2. The largest absolute Gasteiger partial charge is 0.325 e. The van der Waals surface area contributed by atoms with Gasteiger partial charge in [0.15, 0.2) is 0 Å². The van der Waals surface area contributed by atoms with Crippen molar-refractivity contribution >= 4 is 23.2 Å². The van der Waals surface area contributed by atoms with Gasteiger partial charge in [0.2, 0.25) is 5.91 Å². The number of hydrogen-bond donors (Lipinski definition) is 2.